The molecule has 1 aliphatic heterocycles. The third kappa shape index (κ3) is 5.07. The SMILES string of the molecule is C=CCON=C1CCS(=O)(=O)c2ccc(C(=O)c3cnn(CC)c3OS(=O)(=O)CCC)c(C)c21. The Kier molecular flexibility index (Phi) is 7.61. The zero-order valence-corrected chi connectivity index (χ0v) is 20.9. The first-order valence-electron chi connectivity index (χ1n) is 10.7. The van der Waals surface area contributed by atoms with Crippen LogP contribution in [0.5, 0.6) is 5.88 Å². The first-order valence-corrected chi connectivity index (χ1v) is 14.0. The maximum Gasteiger partial charge on any atom is 0.310 e. The second-order valence-electron chi connectivity index (χ2n) is 7.66. The van der Waals surface area contributed by atoms with Gasteiger partial charge < -0.3 is 9.02 Å². The van der Waals surface area contributed by atoms with E-state index in [0.717, 1.165) is 0 Å². The highest BCUT2D eigenvalue weighted by atomic mass is 32.2. The molecule has 34 heavy (non-hydrogen) atoms. The normalized spacial score (nSPS) is 16.1. The van der Waals surface area contributed by atoms with Gasteiger partial charge >= 0.3 is 10.1 Å². The molecule has 10 nitrogen and oxygen atoms in total. The molecule has 0 fully saturated rings. The Morgan fingerprint density at radius 1 is 1.29 bits per heavy atom. The Labute approximate surface area is 199 Å². The van der Waals surface area contributed by atoms with Crippen LogP contribution in [0, 0.1) is 6.92 Å². The van der Waals surface area contributed by atoms with Crippen molar-refractivity contribution in [1.82, 2.24) is 9.78 Å². The molecule has 0 saturated heterocycles. The molecule has 0 unspecified atom stereocenters. The lowest BCUT2D eigenvalue weighted by molar-refractivity contribution is 0.103. The van der Waals surface area contributed by atoms with Crippen LogP contribution in [-0.4, -0.2) is 56.2 Å². The zero-order valence-electron chi connectivity index (χ0n) is 19.3. The highest BCUT2D eigenvalue weighted by Crippen LogP contribution is 2.32. The number of rotatable bonds is 10. The van der Waals surface area contributed by atoms with Gasteiger partial charge in [-0.3, -0.25) is 4.79 Å². The van der Waals surface area contributed by atoms with Crippen molar-refractivity contribution in [3.63, 3.8) is 0 Å². The summed E-state index contributed by atoms with van der Waals surface area (Å²) < 4.78 is 56.5. The standard InChI is InChI=1S/C22H27N3O7S2/c1-5-11-31-24-18-10-13-33(27,28)19-9-8-16(15(4)20(18)19)21(26)17-14-23-25(7-3)22(17)32-34(29,30)12-6-2/h5,8-9,14H,1,6-7,10-13H2,2-4H3. The number of carbonyl (C=O) groups excluding carboxylic acids is 1. The van der Waals surface area contributed by atoms with E-state index in [1.54, 1.807) is 20.8 Å². The number of oxime groups is 1. The second-order valence-corrected chi connectivity index (χ2v) is 11.4. The van der Waals surface area contributed by atoms with Gasteiger partial charge in [0, 0.05) is 24.1 Å². The smallest absolute Gasteiger partial charge is 0.310 e. The van der Waals surface area contributed by atoms with Crippen molar-refractivity contribution in [2.75, 3.05) is 18.1 Å². The molecule has 1 aliphatic rings. The molecule has 0 spiro atoms. The number of sulfone groups is 1. The second kappa shape index (κ2) is 10.1. The van der Waals surface area contributed by atoms with Crippen molar-refractivity contribution in [3.8, 4) is 5.88 Å². The Hall–Kier alpha value is -2.99. The van der Waals surface area contributed by atoms with Gasteiger partial charge in [0.15, 0.2) is 15.6 Å². The van der Waals surface area contributed by atoms with Crippen LogP contribution in [0.1, 0.15) is 53.7 Å². The quantitative estimate of drug-likeness (QED) is 0.157. The van der Waals surface area contributed by atoms with Gasteiger partial charge in [0.05, 0.1) is 28.3 Å². The molecule has 0 radical (unpaired) electrons. The lowest BCUT2D eigenvalue weighted by Crippen LogP contribution is -2.25. The van der Waals surface area contributed by atoms with E-state index >= 15 is 0 Å². The topological polar surface area (TPSA) is 134 Å². The Balaban J connectivity index is 2.13. The van der Waals surface area contributed by atoms with Gasteiger partial charge in [0.2, 0.25) is 5.88 Å². The fourth-order valence-corrected chi connectivity index (χ4v) is 6.21. The molecule has 0 bridgehead atoms. The van der Waals surface area contributed by atoms with E-state index in [4.69, 9.17) is 9.02 Å². The molecular formula is C22H27N3O7S2. The number of benzene rings is 1. The molecule has 0 atom stereocenters. The summed E-state index contributed by atoms with van der Waals surface area (Å²) in [5, 5.41) is 8.15. The highest BCUT2D eigenvalue weighted by Gasteiger charge is 2.33. The third-order valence-electron chi connectivity index (χ3n) is 5.27. The van der Waals surface area contributed by atoms with E-state index in [1.807, 2.05) is 0 Å². The van der Waals surface area contributed by atoms with Crippen molar-refractivity contribution >= 4 is 31.5 Å². The third-order valence-corrected chi connectivity index (χ3v) is 8.34. The highest BCUT2D eigenvalue weighted by molar-refractivity contribution is 7.91. The number of nitrogens with zero attached hydrogens (tertiary/aromatic N) is 3. The average molecular weight is 510 g/mol. The molecule has 1 aromatic heterocycles. The van der Waals surface area contributed by atoms with Crippen LogP contribution in [-0.2, 0) is 31.3 Å². The van der Waals surface area contributed by atoms with Gasteiger partial charge in [-0.05, 0) is 38.0 Å². The predicted molar refractivity (Wildman–Crippen MR) is 127 cm³/mol. The van der Waals surface area contributed by atoms with Crippen molar-refractivity contribution < 1.29 is 30.7 Å². The number of fused-ring (bicyclic) bond motifs is 1. The molecular weight excluding hydrogens is 482 g/mol. The molecule has 2 heterocycles. The first kappa shape index (κ1) is 25.6. The summed E-state index contributed by atoms with van der Waals surface area (Å²) in [4.78, 5) is 18.8. The van der Waals surface area contributed by atoms with Crippen LogP contribution in [0.4, 0.5) is 0 Å². The summed E-state index contributed by atoms with van der Waals surface area (Å²) in [5.41, 5.74) is 1.25. The zero-order chi connectivity index (χ0) is 25.1. The van der Waals surface area contributed by atoms with Crippen molar-refractivity contribution in [3.05, 3.63) is 53.2 Å². The van der Waals surface area contributed by atoms with E-state index in [9.17, 15) is 21.6 Å². The van der Waals surface area contributed by atoms with Crippen LogP contribution in [0.2, 0.25) is 0 Å². The summed E-state index contributed by atoms with van der Waals surface area (Å²) in [7, 11) is -7.48. The van der Waals surface area contributed by atoms with Crippen LogP contribution in [0.25, 0.3) is 0 Å². The van der Waals surface area contributed by atoms with Gasteiger partial charge in [0.25, 0.3) is 0 Å². The molecule has 0 saturated carbocycles. The summed E-state index contributed by atoms with van der Waals surface area (Å²) in [6.45, 7) is 9.04. The van der Waals surface area contributed by atoms with E-state index in [2.05, 4.69) is 16.8 Å². The molecule has 0 amide bonds. The molecule has 0 N–H and O–H groups in total. The van der Waals surface area contributed by atoms with Gasteiger partial charge in [-0.15, -0.1) is 0 Å². The molecule has 184 valence electrons. The molecule has 1 aromatic carbocycles. The van der Waals surface area contributed by atoms with E-state index in [0.29, 0.717) is 23.3 Å². The molecule has 3 rings (SSSR count). The average Bonchev–Trinajstić information content (AvgIpc) is 3.17. The number of aromatic nitrogens is 2. The van der Waals surface area contributed by atoms with Gasteiger partial charge in [-0.25, -0.2) is 13.1 Å². The van der Waals surface area contributed by atoms with Crippen LogP contribution >= 0.6 is 0 Å². The number of ketones is 1. The largest absolute Gasteiger partial charge is 0.391 e. The predicted octanol–water partition coefficient (Wildman–Crippen LogP) is 2.65. The van der Waals surface area contributed by atoms with E-state index in [-0.39, 0.29) is 53.0 Å². The maximum atomic E-state index is 13.5. The Morgan fingerprint density at radius 2 is 2.03 bits per heavy atom. The summed E-state index contributed by atoms with van der Waals surface area (Å²) in [6, 6.07) is 2.78. The fraction of sp³-hybridized carbons (Fsp3) is 0.409. The molecule has 0 aliphatic carbocycles. The fourth-order valence-electron chi connectivity index (χ4n) is 3.68. The van der Waals surface area contributed by atoms with Crippen molar-refractivity contribution in [1.29, 1.82) is 0 Å². The Morgan fingerprint density at radius 3 is 2.68 bits per heavy atom. The van der Waals surface area contributed by atoms with Crippen molar-refractivity contribution in [2.24, 2.45) is 5.16 Å². The lowest BCUT2D eigenvalue weighted by Gasteiger charge is -2.21. The van der Waals surface area contributed by atoms with Gasteiger partial charge in [-0.2, -0.15) is 13.5 Å². The van der Waals surface area contributed by atoms with Crippen LogP contribution in [0.3, 0.4) is 0 Å². The minimum atomic E-state index is -3.92. The van der Waals surface area contributed by atoms with E-state index in [1.165, 1.54) is 29.1 Å². The number of aryl methyl sites for hydroxylation is 1. The number of carbonyl (C=O) groups is 1. The molecule has 2 aromatic rings. The number of hydrogen-bond acceptors (Lipinski definition) is 9. The summed E-state index contributed by atoms with van der Waals surface area (Å²) in [5.74, 6) is -1.06. The minimum absolute atomic E-state index is 0.0374. The van der Waals surface area contributed by atoms with Crippen molar-refractivity contribution in [2.45, 2.75) is 45.1 Å². The lowest BCUT2D eigenvalue weighted by atomic mass is 9.93. The van der Waals surface area contributed by atoms with E-state index < -0.39 is 25.7 Å². The molecule has 12 heteroatoms. The minimum Gasteiger partial charge on any atom is -0.391 e. The van der Waals surface area contributed by atoms with Gasteiger partial charge in [-0.1, -0.05) is 24.7 Å². The monoisotopic (exact) mass is 509 g/mol. The maximum absolute atomic E-state index is 13.5. The van der Waals surface area contributed by atoms with Crippen LogP contribution < -0.4 is 4.18 Å². The Bertz CT molecular complexity index is 1360. The van der Waals surface area contributed by atoms with Gasteiger partial charge in [0.1, 0.15) is 12.2 Å². The summed E-state index contributed by atoms with van der Waals surface area (Å²) in [6.07, 6.45) is 3.24. The van der Waals surface area contributed by atoms with Crippen LogP contribution in [0.15, 0.2) is 41.0 Å². The number of hydrogen-bond donors (Lipinski definition) is 0. The first-order chi connectivity index (χ1) is 16.1. The summed E-state index contributed by atoms with van der Waals surface area (Å²) >= 11 is 0.